The second kappa shape index (κ2) is 8.92. The van der Waals surface area contributed by atoms with E-state index in [0.29, 0.717) is 36.8 Å². The predicted octanol–water partition coefficient (Wildman–Crippen LogP) is 1.85. The monoisotopic (exact) mass is 373 g/mol. The van der Waals surface area contributed by atoms with Crippen LogP contribution in [0.15, 0.2) is 36.5 Å². The van der Waals surface area contributed by atoms with E-state index in [-0.39, 0.29) is 11.9 Å². The smallest absolute Gasteiger partial charge is 0.258 e. The van der Waals surface area contributed by atoms with Crippen LogP contribution in [0.3, 0.4) is 0 Å². The summed E-state index contributed by atoms with van der Waals surface area (Å²) in [5.41, 5.74) is 1.57. The molecule has 1 aromatic heterocycles. The second-order valence-corrected chi connectivity index (χ2v) is 6.46. The number of ether oxygens (including phenoxy) is 3. The van der Waals surface area contributed by atoms with Gasteiger partial charge >= 0.3 is 0 Å². The van der Waals surface area contributed by atoms with Crippen molar-refractivity contribution in [2.45, 2.75) is 6.04 Å². The zero-order valence-electron chi connectivity index (χ0n) is 16.1. The number of carbonyl (C=O) groups is 1. The topological polar surface area (TPSA) is 65.0 Å². The third kappa shape index (κ3) is 4.26. The van der Waals surface area contributed by atoms with E-state index < -0.39 is 0 Å². The van der Waals surface area contributed by atoms with E-state index in [0.717, 1.165) is 18.8 Å². The fourth-order valence-electron chi connectivity index (χ4n) is 3.48. The maximum Gasteiger partial charge on any atom is 0.258 e. The average Bonchev–Trinajstić information content (AvgIpc) is 3.13. The van der Waals surface area contributed by atoms with E-state index in [4.69, 9.17) is 14.2 Å². The number of benzene rings is 1. The van der Waals surface area contributed by atoms with E-state index in [1.807, 2.05) is 19.3 Å². The lowest BCUT2D eigenvalue weighted by Crippen LogP contribution is -2.44. The number of hydrogen-bond acceptors (Lipinski definition) is 5. The van der Waals surface area contributed by atoms with Crippen molar-refractivity contribution in [1.29, 1.82) is 0 Å². The van der Waals surface area contributed by atoms with E-state index in [1.165, 1.54) is 0 Å². The minimum atomic E-state index is -0.211. The van der Waals surface area contributed by atoms with Crippen LogP contribution in [0.4, 0.5) is 0 Å². The lowest BCUT2D eigenvalue weighted by Gasteiger charge is -2.35. The molecule has 0 spiro atoms. The van der Waals surface area contributed by atoms with Crippen LogP contribution in [0.2, 0.25) is 0 Å². The Morgan fingerprint density at radius 2 is 1.81 bits per heavy atom. The number of aryl methyl sites for hydroxylation is 1. The molecule has 0 aliphatic carbocycles. The Kier molecular flexibility index (Phi) is 6.36. The highest BCUT2D eigenvalue weighted by molar-refractivity contribution is 5.99. The molecule has 1 saturated heterocycles. The first-order valence-corrected chi connectivity index (χ1v) is 9.08. The van der Waals surface area contributed by atoms with Crippen LogP contribution in [-0.4, -0.2) is 62.4 Å². The zero-order valence-corrected chi connectivity index (χ0v) is 16.1. The molecule has 1 atom stereocenters. The van der Waals surface area contributed by atoms with Crippen LogP contribution in [0.5, 0.6) is 11.5 Å². The van der Waals surface area contributed by atoms with Crippen molar-refractivity contribution in [3.63, 3.8) is 0 Å². The first-order valence-electron chi connectivity index (χ1n) is 9.08. The Hall–Kier alpha value is -2.51. The summed E-state index contributed by atoms with van der Waals surface area (Å²) >= 11 is 0. The number of aromatic nitrogens is 1. The number of rotatable bonds is 7. The number of carbonyl (C=O) groups excluding carboxylic acids is 1. The Labute approximate surface area is 159 Å². The summed E-state index contributed by atoms with van der Waals surface area (Å²) in [4.78, 5) is 15.3. The predicted molar refractivity (Wildman–Crippen MR) is 102 cm³/mol. The van der Waals surface area contributed by atoms with Gasteiger partial charge in [0.05, 0.1) is 33.5 Å². The number of amides is 1. The van der Waals surface area contributed by atoms with Crippen LogP contribution in [0, 0.1) is 0 Å². The Bertz CT molecular complexity index is 746. The van der Waals surface area contributed by atoms with Gasteiger partial charge in [-0.25, -0.2) is 0 Å². The average molecular weight is 373 g/mol. The van der Waals surface area contributed by atoms with Gasteiger partial charge in [0.1, 0.15) is 17.1 Å². The molecule has 2 aromatic rings. The number of hydrogen-bond donors (Lipinski definition) is 1. The van der Waals surface area contributed by atoms with Crippen LogP contribution in [-0.2, 0) is 11.8 Å². The molecule has 1 unspecified atom stereocenters. The number of morpholine rings is 1. The Morgan fingerprint density at radius 1 is 1.15 bits per heavy atom. The largest absolute Gasteiger partial charge is 0.496 e. The van der Waals surface area contributed by atoms with Gasteiger partial charge in [-0.2, -0.15) is 0 Å². The number of nitrogens with one attached hydrogen (secondary N) is 1. The first-order chi connectivity index (χ1) is 13.2. The van der Waals surface area contributed by atoms with Gasteiger partial charge < -0.3 is 24.1 Å². The molecular formula is C20H27N3O4. The third-order valence-corrected chi connectivity index (χ3v) is 4.92. The molecule has 7 nitrogen and oxygen atoms in total. The highest BCUT2D eigenvalue weighted by Gasteiger charge is 2.26. The molecule has 1 N–H and O–H groups in total. The van der Waals surface area contributed by atoms with Crippen LogP contribution >= 0.6 is 0 Å². The van der Waals surface area contributed by atoms with E-state index in [1.54, 1.807) is 32.4 Å². The molecular weight excluding hydrogens is 346 g/mol. The molecule has 3 rings (SSSR count). The SMILES string of the molecule is COc1cccc(OC)c1C(=O)NCC(c1cccn1C)N1CCOCC1. The summed E-state index contributed by atoms with van der Waals surface area (Å²) in [7, 11) is 5.12. The van der Waals surface area contributed by atoms with Crippen molar-refractivity contribution >= 4 is 5.91 Å². The van der Waals surface area contributed by atoms with Gasteiger partial charge in [0.2, 0.25) is 0 Å². The van der Waals surface area contributed by atoms with E-state index in [2.05, 4.69) is 20.9 Å². The fourth-order valence-corrected chi connectivity index (χ4v) is 3.48. The van der Waals surface area contributed by atoms with Gasteiger partial charge in [-0.3, -0.25) is 9.69 Å². The van der Waals surface area contributed by atoms with Crippen LogP contribution in [0.25, 0.3) is 0 Å². The molecule has 1 fully saturated rings. The minimum absolute atomic E-state index is 0.0681. The van der Waals surface area contributed by atoms with Crippen LogP contribution < -0.4 is 14.8 Å². The maximum absolute atomic E-state index is 12.9. The molecule has 2 heterocycles. The Morgan fingerprint density at radius 3 is 2.37 bits per heavy atom. The van der Waals surface area contributed by atoms with E-state index >= 15 is 0 Å². The Balaban J connectivity index is 1.79. The van der Waals surface area contributed by atoms with Crippen LogP contribution in [0.1, 0.15) is 22.1 Å². The molecule has 1 aliphatic heterocycles. The molecule has 1 amide bonds. The zero-order chi connectivity index (χ0) is 19.2. The van der Waals surface area contributed by atoms with Crippen molar-refractivity contribution in [3.05, 3.63) is 47.8 Å². The van der Waals surface area contributed by atoms with Gasteiger partial charge in [0, 0.05) is 38.6 Å². The van der Waals surface area contributed by atoms with Crippen molar-refractivity contribution in [1.82, 2.24) is 14.8 Å². The van der Waals surface area contributed by atoms with Gasteiger partial charge in [0.25, 0.3) is 5.91 Å². The number of nitrogens with zero attached hydrogens (tertiary/aromatic N) is 2. The van der Waals surface area contributed by atoms with Gasteiger partial charge in [-0.1, -0.05) is 6.07 Å². The molecule has 146 valence electrons. The van der Waals surface area contributed by atoms with Gasteiger partial charge in [-0.05, 0) is 24.3 Å². The van der Waals surface area contributed by atoms with Crippen molar-refractivity contribution in [3.8, 4) is 11.5 Å². The second-order valence-electron chi connectivity index (χ2n) is 6.46. The fraction of sp³-hybridized carbons (Fsp3) is 0.450. The standard InChI is InChI=1S/C20H27N3O4/c1-22-9-5-6-15(22)16(23-10-12-27-13-11-23)14-21-20(24)19-17(25-2)7-4-8-18(19)26-3/h4-9,16H,10-14H2,1-3H3,(H,21,24). The first kappa shape index (κ1) is 19.3. The molecule has 0 saturated carbocycles. The van der Waals surface area contributed by atoms with Gasteiger partial charge in [0.15, 0.2) is 0 Å². The molecule has 1 aromatic carbocycles. The molecule has 0 radical (unpaired) electrons. The highest BCUT2D eigenvalue weighted by atomic mass is 16.5. The minimum Gasteiger partial charge on any atom is -0.496 e. The lowest BCUT2D eigenvalue weighted by atomic mass is 10.1. The van der Waals surface area contributed by atoms with Crippen molar-refractivity contribution in [2.24, 2.45) is 7.05 Å². The third-order valence-electron chi connectivity index (χ3n) is 4.92. The number of methoxy groups -OCH3 is 2. The normalized spacial score (nSPS) is 16.0. The summed E-state index contributed by atoms with van der Waals surface area (Å²) in [6, 6.07) is 9.50. The maximum atomic E-state index is 12.9. The van der Waals surface area contributed by atoms with E-state index in [9.17, 15) is 4.79 Å². The molecule has 1 aliphatic rings. The molecule has 0 bridgehead atoms. The lowest BCUT2D eigenvalue weighted by molar-refractivity contribution is 0.0148. The molecule has 7 heteroatoms. The summed E-state index contributed by atoms with van der Waals surface area (Å²) in [6.07, 6.45) is 2.02. The van der Waals surface area contributed by atoms with Crippen molar-refractivity contribution < 1.29 is 19.0 Å². The van der Waals surface area contributed by atoms with Gasteiger partial charge in [-0.15, -0.1) is 0 Å². The summed E-state index contributed by atoms with van der Waals surface area (Å²) < 4.78 is 18.3. The van der Waals surface area contributed by atoms with Crippen molar-refractivity contribution in [2.75, 3.05) is 47.1 Å². The highest BCUT2D eigenvalue weighted by Crippen LogP contribution is 2.28. The summed E-state index contributed by atoms with van der Waals surface area (Å²) in [5.74, 6) is 0.777. The molecule has 27 heavy (non-hydrogen) atoms. The summed E-state index contributed by atoms with van der Waals surface area (Å²) in [5, 5.41) is 3.07. The summed E-state index contributed by atoms with van der Waals surface area (Å²) in [6.45, 7) is 3.57. The quantitative estimate of drug-likeness (QED) is 0.802.